The van der Waals surface area contributed by atoms with E-state index in [1.54, 1.807) is 36.4 Å². The second kappa shape index (κ2) is 25.4. The van der Waals surface area contributed by atoms with E-state index in [0.717, 1.165) is 50.2 Å². The Morgan fingerprint density at radius 3 is 1.35 bits per heavy atom. The Labute approximate surface area is 357 Å². The standard InChI is InChI=1S/2C21H28O5S.Ca/c2*1-2-3-4-5-6-7-9-12-17-15-19(22)21(27(23,24)25)16-20(17)26-18-13-10-8-11-14-18;/h2*8,10-11,13-16,22H,2-7,9,12H2,1H3,(H,23,24,25);/q;;+2/p-2. The molecule has 4 rings (SSSR count). The van der Waals surface area contributed by atoms with Gasteiger partial charge in [-0.05, 0) is 73.2 Å². The molecule has 0 aliphatic carbocycles. The first kappa shape index (κ1) is 48.3. The van der Waals surface area contributed by atoms with Crippen molar-refractivity contribution in [2.45, 2.75) is 126 Å². The number of aromatic hydroxyl groups is 1. The molecule has 0 aliphatic rings. The fourth-order valence-corrected chi connectivity index (χ4v) is 7.07. The largest absolute Gasteiger partial charge is 2.00 e. The first-order valence-corrected chi connectivity index (χ1v) is 21.8. The number of phenols is 1. The van der Waals surface area contributed by atoms with Crippen LogP contribution in [0.15, 0.2) is 94.7 Å². The molecule has 0 saturated carbocycles. The van der Waals surface area contributed by atoms with Gasteiger partial charge in [0, 0.05) is 6.07 Å². The van der Waals surface area contributed by atoms with Gasteiger partial charge in [-0.3, -0.25) is 4.55 Å². The fourth-order valence-electron chi connectivity index (χ4n) is 5.94. The molecular formula is C42H54CaO10S2. The summed E-state index contributed by atoms with van der Waals surface area (Å²) in [4.78, 5) is -1.31. The fraction of sp³-hybridized carbons (Fsp3) is 0.429. The molecule has 0 aliphatic heterocycles. The summed E-state index contributed by atoms with van der Waals surface area (Å²) in [5, 5.41) is 22.1. The normalized spacial score (nSPS) is 11.3. The van der Waals surface area contributed by atoms with Crippen molar-refractivity contribution in [1.29, 1.82) is 0 Å². The number of unbranched alkanes of at least 4 members (excludes halogenated alkanes) is 12. The van der Waals surface area contributed by atoms with Gasteiger partial charge in [0.1, 0.15) is 43.8 Å². The minimum atomic E-state index is -4.85. The third-order valence-corrected chi connectivity index (χ3v) is 10.6. The van der Waals surface area contributed by atoms with Crippen LogP contribution in [0.3, 0.4) is 0 Å². The van der Waals surface area contributed by atoms with Gasteiger partial charge < -0.3 is 24.2 Å². The van der Waals surface area contributed by atoms with E-state index in [1.807, 2.05) is 24.3 Å². The first-order chi connectivity index (χ1) is 25.8. The van der Waals surface area contributed by atoms with Crippen molar-refractivity contribution in [3.8, 4) is 34.5 Å². The predicted molar refractivity (Wildman–Crippen MR) is 214 cm³/mol. The van der Waals surface area contributed by atoms with Crippen LogP contribution in [0.25, 0.3) is 0 Å². The number of ether oxygens (including phenoxy) is 2. The molecule has 0 fully saturated rings. The Balaban J connectivity index is 0.000000373. The van der Waals surface area contributed by atoms with Crippen LogP contribution < -0.4 is 14.6 Å². The summed E-state index contributed by atoms with van der Waals surface area (Å²) >= 11 is 0. The molecule has 0 unspecified atom stereocenters. The van der Waals surface area contributed by atoms with E-state index in [4.69, 9.17) is 9.47 Å². The number of hydrogen-bond acceptors (Lipinski definition) is 9. The molecule has 0 saturated heterocycles. The molecule has 0 bridgehead atoms. The van der Waals surface area contributed by atoms with Gasteiger partial charge in [-0.2, -0.15) is 8.42 Å². The zero-order valence-electron chi connectivity index (χ0n) is 32.1. The maximum atomic E-state index is 12.1. The summed E-state index contributed by atoms with van der Waals surface area (Å²) in [6.45, 7) is 4.37. The number of phenolic OH excluding ortho intramolecular Hbond substituents is 1. The van der Waals surface area contributed by atoms with E-state index in [2.05, 4.69) is 13.8 Å². The topological polar surface area (TPSA) is 173 Å². The van der Waals surface area contributed by atoms with Gasteiger partial charge in [-0.15, -0.1) is 0 Å². The van der Waals surface area contributed by atoms with E-state index in [0.29, 0.717) is 35.7 Å². The number of aryl methyl sites for hydroxylation is 2. The van der Waals surface area contributed by atoms with Gasteiger partial charge in [0.25, 0.3) is 10.1 Å². The van der Waals surface area contributed by atoms with Crippen LogP contribution in [0.5, 0.6) is 34.5 Å². The van der Waals surface area contributed by atoms with Crippen LogP contribution in [0.2, 0.25) is 0 Å². The van der Waals surface area contributed by atoms with Crippen LogP contribution in [0.4, 0.5) is 0 Å². The summed E-state index contributed by atoms with van der Waals surface area (Å²) in [6.07, 6.45) is 17.3. The van der Waals surface area contributed by atoms with Crippen molar-refractivity contribution in [1.82, 2.24) is 0 Å². The summed E-state index contributed by atoms with van der Waals surface area (Å²) in [7, 11) is -9.38. The third-order valence-electron chi connectivity index (χ3n) is 8.86. The van der Waals surface area contributed by atoms with Crippen LogP contribution >= 0.6 is 0 Å². The van der Waals surface area contributed by atoms with Crippen LogP contribution in [0, 0.1) is 0 Å². The average Bonchev–Trinajstić information content (AvgIpc) is 3.13. The molecule has 0 spiro atoms. The maximum absolute atomic E-state index is 12.1. The second-order valence-electron chi connectivity index (χ2n) is 13.3. The smallest absolute Gasteiger partial charge is 0.872 e. The molecule has 0 atom stereocenters. The van der Waals surface area contributed by atoms with Crippen molar-refractivity contribution in [2.75, 3.05) is 0 Å². The summed E-state index contributed by atoms with van der Waals surface area (Å²) in [5.41, 5.74) is 1.35. The van der Waals surface area contributed by atoms with Crippen molar-refractivity contribution in [3.05, 3.63) is 96.1 Å². The zero-order chi connectivity index (χ0) is 39.4. The van der Waals surface area contributed by atoms with Crippen LogP contribution in [-0.2, 0) is 33.1 Å². The Hall–Kier alpha value is -2.84. The van der Waals surface area contributed by atoms with Crippen LogP contribution in [-0.4, -0.2) is 68.8 Å². The predicted octanol–water partition coefficient (Wildman–Crippen LogP) is 10.1. The second-order valence-corrected chi connectivity index (χ2v) is 16.1. The van der Waals surface area contributed by atoms with Crippen molar-refractivity contribution < 1.29 is 45.6 Å². The number of hydrogen-bond donors (Lipinski definition) is 2. The van der Waals surface area contributed by atoms with Crippen molar-refractivity contribution in [3.63, 3.8) is 0 Å². The Bertz CT molecular complexity index is 1780. The van der Waals surface area contributed by atoms with Crippen molar-refractivity contribution >= 4 is 58.0 Å². The molecule has 4 aromatic carbocycles. The molecule has 55 heavy (non-hydrogen) atoms. The SMILES string of the molecule is CCCCCCCCCc1cc(O)c(S(=O)(=O)O)cc1Oc1ccccc1.CCCCCCCCCc1cc([O-])c(S(=O)(=O)[O-])cc1Oc1ccccc1.[Ca+2]. The third kappa shape index (κ3) is 17.9. The number of rotatable bonds is 22. The molecular weight excluding hydrogens is 769 g/mol. The maximum Gasteiger partial charge on any atom is 2.00 e. The van der Waals surface area contributed by atoms with E-state index in [-0.39, 0.29) is 43.5 Å². The minimum absolute atomic E-state index is 0. The van der Waals surface area contributed by atoms with Crippen molar-refractivity contribution in [2.24, 2.45) is 0 Å². The molecule has 13 heteroatoms. The minimum Gasteiger partial charge on any atom is -0.872 e. The monoisotopic (exact) mass is 822 g/mol. The Kier molecular flexibility index (Phi) is 22.3. The van der Waals surface area contributed by atoms with E-state index in [1.165, 1.54) is 69.6 Å². The average molecular weight is 823 g/mol. The van der Waals surface area contributed by atoms with E-state index >= 15 is 0 Å². The molecule has 0 aromatic heterocycles. The molecule has 0 amide bonds. The summed E-state index contributed by atoms with van der Waals surface area (Å²) in [5.74, 6) is 0.425. The van der Waals surface area contributed by atoms with Gasteiger partial charge >= 0.3 is 37.7 Å². The zero-order valence-corrected chi connectivity index (χ0v) is 35.9. The number of para-hydroxylation sites is 2. The van der Waals surface area contributed by atoms with Gasteiger partial charge in [-0.25, -0.2) is 8.42 Å². The molecule has 0 heterocycles. The summed E-state index contributed by atoms with van der Waals surface area (Å²) < 4.78 is 77.9. The van der Waals surface area contributed by atoms with Gasteiger partial charge in [0.05, 0.1) is 4.90 Å². The molecule has 4 aromatic rings. The van der Waals surface area contributed by atoms with Gasteiger partial charge in [-0.1, -0.05) is 139 Å². The molecule has 296 valence electrons. The quantitative estimate of drug-likeness (QED) is 0.0441. The van der Waals surface area contributed by atoms with Crippen LogP contribution in [0.1, 0.15) is 115 Å². The first-order valence-electron chi connectivity index (χ1n) is 18.9. The van der Waals surface area contributed by atoms with E-state index in [9.17, 15) is 36.2 Å². The number of benzene rings is 4. The van der Waals surface area contributed by atoms with Gasteiger partial charge in [0.2, 0.25) is 0 Å². The molecule has 0 radical (unpaired) electrons. The molecule has 2 N–H and O–H groups in total. The molecule has 10 nitrogen and oxygen atoms in total. The van der Waals surface area contributed by atoms with E-state index < -0.39 is 41.5 Å². The van der Waals surface area contributed by atoms with Gasteiger partial charge in [0.15, 0.2) is 0 Å². The summed E-state index contributed by atoms with van der Waals surface area (Å²) in [6, 6.07) is 22.7. The Morgan fingerprint density at radius 2 is 0.945 bits per heavy atom. The Morgan fingerprint density at radius 1 is 0.564 bits per heavy atom.